The smallest absolute Gasteiger partial charge is 0.118 e. The molecule has 0 atom stereocenters. The van der Waals surface area contributed by atoms with Crippen LogP contribution in [0.2, 0.25) is 0 Å². The van der Waals surface area contributed by atoms with E-state index in [4.69, 9.17) is 4.42 Å². The molecule has 0 aliphatic rings. The minimum atomic E-state index is 0.740. The second kappa shape index (κ2) is 6.61. The Labute approximate surface area is 112 Å². The summed E-state index contributed by atoms with van der Waals surface area (Å²) in [5.41, 5.74) is 2.11. The molecule has 0 aliphatic carbocycles. The fourth-order valence-corrected chi connectivity index (χ4v) is 2.19. The average Bonchev–Trinajstić information content (AvgIpc) is 2.78. The van der Waals surface area contributed by atoms with Gasteiger partial charge < -0.3 is 9.73 Å². The number of thioether (sulfide) groups is 1. The van der Waals surface area contributed by atoms with Gasteiger partial charge in [0.25, 0.3) is 0 Å². The first kappa shape index (κ1) is 13.2. The molecule has 0 aromatic carbocycles. The molecule has 96 valence electrons. The van der Waals surface area contributed by atoms with Crippen molar-refractivity contribution in [3.8, 4) is 0 Å². The van der Waals surface area contributed by atoms with Gasteiger partial charge in [-0.1, -0.05) is 6.07 Å². The summed E-state index contributed by atoms with van der Waals surface area (Å²) in [5, 5.41) is 3.34. The van der Waals surface area contributed by atoms with Crippen LogP contribution in [-0.4, -0.2) is 11.2 Å². The van der Waals surface area contributed by atoms with Gasteiger partial charge in [0.15, 0.2) is 0 Å². The monoisotopic (exact) mass is 262 g/mol. The average molecular weight is 262 g/mol. The molecule has 0 bridgehead atoms. The fraction of sp³-hybridized carbons (Fsp3) is 0.357. The van der Waals surface area contributed by atoms with Gasteiger partial charge in [0, 0.05) is 12.2 Å². The van der Waals surface area contributed by atoms with Gasteiger partial charge in [-0.05, 0) is 37.4 Å². The van der Waals surface area contributed by atoms with Crippen molar-refractivity contribution in [1.82, 2.24) is 10.3 Å². The van der Waals surface area contributed by atoms with Crippen LogP contribution in [0.25, 0.3) is 0 Å². The van der Waals surface area contributed by atoms with Gasteiger partial charge in [0.05, 0.1) is 18.0 Å². The van der Waals surface area contributed by atoms with Crippen LogP contribution in [0.4, 0.5) is 0 Å². The molecule has 4 heteroatoms. The highest BCUT2D eigenvalue weighted by atomic mass is 32.2. The SMILES string of the molecule is CSCc1ccc(CNCc2cccc(C)n2)o1. The number of furan rings is 1. The van der Waals surface area contributed by atoms with Crippen LogP contribution in [0.1, 0.15) is 22.9 Å². The van der Waals surface area contributed by atoms with Gasteiger partial charge in [-0.2, -0.15) is 11.8 Å². The minimum Gasteiger partial charge on any atom is -0.464 e. The van der Waals surface area contributed by atoms with Crippen LogP contribution < -0.4 is 5.32 Å². The van der Waals surface area contributed by atoms with E-state index >= 15 is 0 Å². The van der Waals surface area contributed by atoms with Crippen molar-refractivity contribution in [1.29, 1.82) is 0 Å². The van der Waals surface area contributed by atoms with Gasteiger partial charge >= 0.3 is 0 Å². The zero-order valence-corrected chi connectivity index (χ0v) is 11.6. The highest BCUT2D eigenvalue weighted by Crippen LogP contribution is 2.13. The van der Waals surface area contributed by atoms with Crippen molar-refractivity contribution in [3.05, 3.63) is 53.2 Å². The predicted molar refractivity (Wildman–Crippen MR) is 75.4 cm³/mol. The molecule has 0 spiro atoms. The Bertz CT molecular complexity index is 496. The van der Waals surface area contributed by atoms with E-state index in [9.17, 15) is 0 Å². The Morgan fingerprint density at radius 1 is 1.17 bits per heavy atom. The van der Waals surface area contributed by atoms with Crippen LogP contribution in [0.3, 0.4) is 0 Å². The molecule has 2 heterocycles. The molecular weight excluding hydrogens is 244 g/mol. The van der Waals surface area contributed by atoms with Gasteiger partial charge in [-0.3, -0.25) is 4.98 Å². The lowest BCUT2D eigenvalue weighted by atomic mass is 10.3. The Balaban J connectivity index is 1.81. The Kier molecular flexibility index (Phi) is 4.84. The molecular formula is C14H18N2OS. The lowest BCUT2D eigenvalue weighted by Crippen LogP contribution is -2.13. The summed E-state index contributed by atoms with van der Waals surface area (Å²) in [7, 11) is 0. The summed E-state index contributed by atoms with van der Waals surface area (Å²) in [6.45, 7) is 3.51. The number of pyridine rings is 1. The van der Waals surface area contributed by atoms with E-state index in [2.05, 4.69) is 16.6 Å². The van der Waals surface area contributed by atoms with Crippen LogP contribution >= 0.6 is 11.8 Å². The summed E-state index contributed by atoms with van der Waals surface area (Å²) >= 11 is 1.77. The normalized spacial score (nSPS) is 10.8. The first-order chi connectivity index (χ1) is 8.78. The maximum atomic E-state index is 5.68. The molecule has 0 amide bonds. The predicted octanol–water partition coefficient (Wildman–Crippen LogP) is 3.14. The van der Waals surface area contributed by atoms with E-state index in [0.717, 1.165) is 41.8 Å². The maximum Gasteiger partial charge on any atom is 0.118 e. The summed E-state index contributed by atoms with van der Waals surface area (Å²) in [4.78, 5) is 4.44. The molecule has 0 saturated carbocycles. The van der Waals surface area contributed by atoms with Gasteiger partial charge in [-0.25, -0.2) is 0 Å². The van der Waals surface area contributed by atoms with Crippen molar-refractivity contribution in [2.75, 3.05) is 6.26 Å². The van der Waals surface area contributed by atoms with Crippen LogP contribution in [0.15, 0.2) is 34.7 Å². The molecule has 0 radical (unpaired) electrons. The summed E-state index contributed by atoms with van der Waals surface area (Å²) in [6.07, 6.45) is 2.07. The van der Waals surface area contributed by atoms with E-state index in [1.54, 1.807) is 11.8 Å². The number of nitrogens with zero attached hydrogens (tertiary/aromatic N) is 1. The molecule has 2 aromatic heterocycles. The van der Waals surface area contributed by atoms with E-state index < -0.39 is 0 Å². The standard InChI is InChI=1S/C14H18N2OS/c1-11-4-3-5-12(16-11)8-15-9-13-6-7-14(17-13)10-18-2/h3-7,15H,8-10H2,1-2H3. The molecule has 0 aliphatic heterocycles. The zero-order chi connectivity index (χ0) is 12.8. The Morgan fingerprint density at radius 3 is 2.78 bits per heavy atom. The molecule has 1 N–H and O–H groups in total. The van der Waals surface area contributed by atoms with Crippen molar-refractivity contribution in [2.24, 2.45) is 0 Å². The van der Waals surface area contributed by atoms with Crippen molar-refractivity contribution in [3.63, 3.8) is 0 Å². The second-order valence-corrected chi connectivity index (χ2v) is 5.04. The summed E-state index contributed by atoms with van der Waals surface area (Å²) in [5.74, 6) is 2.94. The van der Waals surface area contributed by atoms with Crippen LogP contribution in [0.5, 0.6) is 0 Å². The summed E-state index contributed by atoms with van der Waals surface area (Å²) < 4.78 is 5.68. The van der Waals surface area contributed by atoms with Crippen LogP contribution in [-0.2, 0) is 18.8 Å². The highest BCUT2D eigenvalue weighted by molar-refractivity contribution is 7.97. The topological polar surface area (TPSA) is 38.1 Å². The van der Waals surface area contributed by atoms with Gasteiger partial charge in [-0.15, -0.1) is 0 Å². The van der Waals surface area contributed by atoms with Gasteiger partial charge in [0.1, 0.15) is 11.5 Å². The number of aromatic nitrogens is 1. The summed E-state index contributed by atoms with van der Waals surface area (Å²) in [6, 6.07) is 10.1. The molecule has 0 unspecified atom stereocenters. The van der Waals surface area contributed by atoms with E-state index in [0.29, 0.717) is 0 Å². The maximum absolute atomic E-state index is 5.68. The quantitative estimate of drug-likeness (QED) is 0.868. The van der Waals surface area contributed by atoms with Crippen molar-refractivity contribution >= 4 is 11.8 Å². The highest BCUT2D eigenvalue weighted by Gasteiger charge is 2.01. The van der Waals surface area contributed by atoms with Crippen molar-refractivity contribution in [2.45, 2.75) is 25.8 Å². The number of hydrogen-bond acceptors (Lipinski definition) is 4. The molecule has 3 nitrogen and oxygen atoms in total. The number of aryl methyl sites for hydroxylation is 1. The lowest BCUT2D eigenvalue weighted by molar-refractivity contribution is 0.458. The molecule has 18 heavy (non-hydrogen) atoms. The Hall–Kier alpha value is -1.26. The Morgan fingerprint density at radius 2 is 2.00 bits per heavy atom. The molecule has 0 fully saturated rings. The minimum absolute atomic E-state index is 0.740. The largest absolute Gasteiger partial charge is 0.464 e. The van der Waals surface area contributed by atoms with Crippen LogP contribution in [0, 0.1) is 6.92 Å². The van der Waals surface area contributed by atoms with E-state index in [1.165, 1.54) is 0 Å². The van der Waals surface area contributed by atoms with Gasteiger partial charge in [0.2, 0.25) is 0 Å². The third-order valence-electron chi connectivity index (χ3n) is 2.56. The van der Waals surface area contributed by atoms with E-state index in [1.807, 2.05) is 37.3 Å². The van der Waals surface area contributed by atoms with E-state index in [-0.39, 0.29) is 0 Å². The second-order valence-electron chi connectivity index (χ2n) is 4.17. The van der Waals surface area contributed by atoms with Crippen molar-refractivity contribution < 1.29 is 4.42 Å². The third kappa shape index (κ3) is 3.89. The molecule has 2 rings (SSSR count). The fourth-order valence-electron chi connectivity index (χ4n) is 1.75. The number of rotatable bonds is 6. The zero-order valence-electron chi connectivity index (χ0n) is 10.8. The molecule has 2 aromatic rings. The first-order valence-corrected chi connectivity index (χ1v) is 7.37. The first-order valence-electron chi connectivity index (χ1n) is 5.97. The molecule has 0 saturated heterocycles. The number of hydrogen-bond donors (Lipinski definition) is 1. The lowest BCUT2D eigenvalue weighted by Gasteiger charge is -2.03. The third-order valence-corrected chi connectivity index (χ3v) is 3.13. The number of nitrogens with one attached hydrogen (secondary N) is 1.